The summed E-state index contributed by atoms with van der Waals surface area (Å²) in [5.41, 5.74) is 3.47. The Kier molecular flexibility index (Phi) is 5.46. The molecule has 25 heavy (non-hydrogen) atoms. The molecule has 0 radical (unpaired) electrons. The van der Waals surface area contributed by atoms with Gasteiger partial charge in [-0.05, 0) is 23.3 Å². The van der Waals surface area contributed by atoms with E-state index in [0.717, 1.165) is 16.8 Å². The van der Waals surface area contributed by atoms with Crippen LogP contribution in [0.3, 0.4) is 0 Å². The van der Waals surface area contributed by atoms with Crippen LogP contribution in [0.5, 0.6) is 0 Å². The van der Waals surface area contributed by atoms with Crippen LogP contribution < -0.4 is 0 Å². The number of nitrogens with zero attached hydrogens (tertiary/aromatic N) is 1. The van der Waals surface area contributed by atoms with Gasteiger partial charge in [0.15, 0.2) is 0 Å². The maximum atomic E-state index is 11.8. The van der Waals surface area contributed by atoms with Crippen LogP contribution in [0.2, 0.25) is 0 Å². The van der Waals surface area contributed by atoms with Crippen LogP contribution >= 0.6 is 0 Å². The van der Waals surface area contributed by atoms with Crippen molar-refractivity contribution in [3.05, 3.63) is 71.3 Å². The van der Waals surface area contributed by atoms with Crippen molar-refractivity contribution < 1.29 is 19.1 Å². The molecule has 1 aliphatic heterocycles. The van der Waals surface area contributed by atoms with Gasteiger partial charge in [0, 0.05) is 12.8 Å². The Morgan fingerprint density at radius 3 is 2.36 bits per heavy atom. The number of ether oxygens (including phenoxy) is 2. The summed E-state index contributed by atoms with van der Waals surface area (Å²) in [6.07, 6.45) is 1.01. The summed E-state index contributed by atoms with van der Waals surface area (Å²) in [5.74, 6) is -0.358. The number of esters is 1. The highest BCUT2D eigenvalue weighted by Crippen LogP contribution is 2.37. The predicted molar refractivity (Wildman–Crippen MR) is 94.5 cm³/mol. The van der Waals surface area contributed by atoms with Crippen molar-refractivity contribution in [2.24, 2.45) is 5.16 Å². The highest BCUT2D eigenvalue weighted by Gasteiger charge is 2.29. The number of hydrogen-bond donors (Lipinski definition) is 0. The second-order valence-electron chi connectivity index (χ2n) is 5.89. The van der Waals surface area contributed by atoms with E-state index in [9.17, 15) is 4.79 Å². The third-order valence-corrected chi connectivity index (χ3v) is 4.24. The van der Waals surface area contributed by atoms with Gasteiger partial charge in [0.1, 0.15) is 7.11 Å². The van der Waals surface area contributed by atoms with Gasteiger partial charge in [-0.3, -0.25) is 0 Å². The average Bonchev–Trinajstić information content (AvgIpc) is 2.68. The zero-order valence-corrected chi connectivity index (χ0v) is 14.3. The normalized spacial score (nSPS) is 21.8. The van der Waals surface area contributed by atoms with Crippen LogP contribution in [0.15, 0.2) is 59.8 Å². The standard InChI is InChI=1S/C20H21NO4/c1-23-20(22)16-10-6-9-15(11-16)19-13-17(21-24-2)12-18(25-19)14-7-4-3-5-8-14/h3-11,18-19H,12-13H2,1-2H3/b21-17+/t18-,19+/m0/s1. The molecule has 1 aliphatic rings. The first-order valence-electron chi connectivity index (χ1n) is 8.19. The Morgan fingerprint density at radius 2 is 1.68 bits per heavy atom. The van der Waals surface area contributed by atoms with Crippen LogP contribution in [0.25, 0.3) is 0 Å². The molecule has 1 heterocycles. The number of carbonyl (C=O) groups is 1. The topological polar surface area (TPSA) is 57.1 Å². The monoisotopic (exact) mass is 339 g/mol. The molecule has 2 atom stereocenters. The summed E-state index contributed by atoms with van der Waals surface area (Å²) in [4.78, 5) is 16.8. The first kappa shape index (κ1) is 17.2. The van der Waals surface area contributed by atoms with E-state index in [1.165, 1.54) is 7.11 Å². The Bertz CT molecular complexity index is 757. The molecular weight excluding hydrogens is 318 g/mol. The largest absolute Gasteiger partial charge is 0.465 e. The molecule has 0 spiro atoms. The molecular formula is C20H21NO4. The lowest BCUT2D eigenvalue weighted by Gasteiger charge is -2.31. The Balaban J connectivity index is 1.89. The number of rotatable bonds is 4. The number of methoxy groups -OCH3 is 1. The third kappa shape index (κ3) is 4.06. The Hall–Kier alpha value is -2.66. The molecule has 0 aromatic heterocycles. The van der Waals surface area contributed by atoms with Crippen molar-refractivity contribution >= 4 is 11.7 Å². The first-order chi connectivity index (χ1) is 12.2. The predicted octanol–water partition coefficient (Wildman–Crippen LogP) is 4.07. The van der Waals surface area contributed by atoms with Gasteiger partial charge in [-0.25, -0.2) is 4.79 Å². The Labute approximate surface area is 147 Å². The van der Waals surface area contributed by atoms with Crippen LogP contribution in [0, 0.1) is 0 Å². The maximum Gasteiger partial charge on any atom is 0.337 e. The zero-order chi connectivity index (χ0) is 17.6. The summed E-state index contributed by atoms with van der Waals surface area (Å²) in [6, 6.07) is 17.4. The number of benzene rings is 2. The lowest BCUT2D eigenvalue weighted by atomic mass is 9.93. The van der Waals surface area contributed by atoms with Crippen molar-refractivity contribution in [1.82, 2.24) is 0 Å². The van der Waals surface area contributed by atoms with Gasteiger partial charge < -0.3 is 14.3 Å². The second kappa shape index (κ2) is 7.94. The molecule has 3 rings (SSSR count). The Morgan fingerprint density at radius 1 is 1.00 bits per heavy atom. The van der Waals surface area contributed by atoms with Gasteiger partial charge in [-0.2, -0.15) is 0 Å². The van der Waals surface area contributed by atoms with E-state index >= 15 is 0 Å². The van der Waals surface area contributed by atoms with Crippen molar-refractivity contribution in [3.63, 3.8) is 0 Å². The van der Waals surface area contributed by atoms with Crippen LogP contribution in [-0.4, -0.2) is 25.9 Å². The smallest absolute Gasteiger partial charge is 0.337 e. The lowest BCUT2D eigenvalue weighted by molar-refractivity contribution is -0.0221. The molecule has 1 fully saturated rings. The zero-order valence-electron chi connectivity index (χ0n) is 14.3. The molecule has 0 amide bonds. The molecule has 0 unspecified atom stereocenters. The minimum atomic E-state index is -0.358. The quantitative estimate of drug-likeness (QED) is 0.622. The minimum Gasteiger partial charge on any atom is -0.465 e. The molecule has 2 aromatic rings. The number of carbonyl (C=O) groups excluding carboxylic acids is 1. The molecule has 130 valence electrons. The minimum absolute atomic E-state index is 0.101. The molecule has 2 aromatic carbocycles. The van der Waals surface area contributed by atoms with E-state index < -0.39 is 0 Å². The summed E-state index contributed by atoms with van der Waals surface area (Å²) in [7, 11) is 2.92. The van der Waals surface area contributed by atoms with Gasteiger partial charge in [-0.1, -0.05) is 47.6 Å². The fraction of sp³-hybridized carbons (Fsp3) is 0.300. The molecule has 0 aliphatic carbocycles. The fourth-order valence-electron chi connectivity index (χ4n) is 3.05. The van der Waals surface area contributed by atoms with E-state index in [-0.39, 0.29) is 18.2 Å². The van der Waals surface area contributed by atoms with Gasteiger partial charge in [0.2, 0.25) is 0 Å². The average molecular weight is 339 g/mol. The van der Waals surface area contributed by atoms with Gasteiger partial charge in [0.05, 0.1) is 30.6 Å². The van der Waals surface area contributed by atoms with Gasteiger partial charge in [-0.15, -0.1) is 0 Å². The van der Waals surface area contributed by atoms with Crippen molar-refractivity contribution in [2.75, 3.05) is 14.2 Å². The second-order valence-corrected chi connectivity index (χ2v) is 5.89. The summed E-state index contributed by atoms with van der Waals surface area (Å²) >= 11 is 0. The van der Waals surface area contributed by atoms with Gasteiger partial charge in [0.25, 0.3) is 0 Å². The number of oxime groups is 1. The fourth-order valence-corrected chi connectivity index (χ4v) is 3.05. The first-order valence-corrected chi connectivity index (χ1v) is 8.19. The van der Waals surface area contributed by atoms with Crippen LogP contribution in [0.1, 0.15) is 46.5 Å². The summed E-state index contributed by atoms with van der Waals surface area (Å²) in [6.45, 7) is 0. The van der Waals surface area contributed by atoms with E-state index in [1.54, 1.807) is 13.2 Å². The highest BCUT2D eigenvalue weighted by molar-refractivity contribution is 5.89. The third-order valence-electron chi connectivity index (χ3n) is 4.24. The lowest BCUT2D eigenvalue weighted by Crippen LogP contribution is -2.23. The number of hydrogen-bond acceptors (Lipinski definition) is 5. The molecule has 0 bridgehead atoms. The van der Waals surface area contributed by atoms with Crippen molar-refractivity contribution in [2.45, 2.75) is 25.0 Å². The van der Waals surface area contributed by atoms with Crippen molar-refractivity contribution in [3.8, 4) is 0 Å². The van der Waals surface area contributed by atoms with E-state index in [0.29, 0.717) is 18.4 Å². The molecule has 5 nitrogen and oxygen atoms in total. The summed E-state index contributed by atoms with van der Waals surface area (Å²) in [5, 5.41) is 4.15. The molecule has 0 saturated carbocycles. The van der Waals surface area contributed by atoms with Gasteiger partial charge >= 0.3 is 5.97 Å². The SMILES string of the molecule is CO/N=C1\C[C@@H](c2ccccc2)O[C@@H](c2cccc(C(=O)OC)c2)C1. The van der Waals surface area contributed by atoms with E-state index in [1.807, 2.05) is 48.5 Å². The van der Waals surface area contributed by atoms with Crippen molar-refractivity contribution in [1.29, 1.82) is 0 Å². The van der Waals surface area contributed by atoms with E-state index in [2.05, 4.69) is 5.16 Å². The van der Waals surface area contributed by atoms with Crippen LogP contribution in [-0.2, 0) is 14.3 Å². The maximum absolute atomic E-state index is 11.8. The van der Waals surface area contributed by atoms with E-state index in [4.69, 9.17) is 14.3 Å². The summed E-state index contributed by atoms with van der Waals surface area (Å²) < 4.78 is 11.1. The highest BCUT2D eigenvalue weighted by atomic mass is 16.6. The van der Waals surface area contributed by atoms with Crippen LogP contribution in [0.4, 0.5) is 0 Å². The molecule has 5 heteroatoms. The molecule has 1 saturated heterocycles. The molecule has 0 N–H and O–H groups in total.